The van der Waals surface area contributed by atoms with E-state index >= 15 is 0 Å². The molecule has 0 aliphatic rings. The molecule has 3 nitrogen and oxygen atoms in total. The van der Waals surface area contributed by atoms with Crippen LogP contribution in [0.2, 0.25) is 0 Å². The number of thiophene rings is 1. The highest BCUT2D eigenvalue weighted by Gasteiger charge is 2.21. The summed E-state index contributed by atoms with van der Waals surface area (Å²) in [7, 11) is 0. The molecule has 0 aliphatic carbocycles. The maximum absolute atomic E-state index is 6.35. The molecule has 212 valence electrons. The van der Waals surface area contributed by atoms with E-state index in [9.17, 15) is 0 Å². The van der Waals surface area contributed by atoms with Crippen LogP contribution in [0.3, 0.4) is 0 Å². The Morgan fingerprint density at radius 1 is 0.511 bits per heavy atom. The predicted molar refractivity (Wildman–Crippen MR) is 190 cm³/mol. The van der Waals surface area contributed by atoms with Gasteiger partial charge in [0, 0.05) is 42.5 Å². The van der Waals surface area contributed by atoms with Gasteiger partial charge in [-0.1, -0.05) is 97.1 Å². The summed E-state index contributed by atoms with van der Waals surface area (Å²) in [4.78, 5) is 7.47. The largest absolute Gasteiger partial charge is 0.436 e. The third kappa shape index (κ3) is 4.38. The summed E-state index contributed by atoms with van der Waals surface area (Å²) in [5.74, 6) is 0.622. The molecular formula is C41H26N2OS. The molecule has 0 N–H and O–H groups in total. The second-order valence-corrected chi connectivity index (χ2v) is 12.3. The minimum absolute atomic E-state index is 0.622. The molecule has 0 atom stereocenters. The Morgan fingerprint density at radius 2 is 1.22 bits per heavy atom. The average Bonchev–Trinajstić information content (AvgIpc) is 3.71. The number of aromatic nitrogens is 1. The van der Waals surface area contributed by atoms with Crippen LogP contribution in [0, 0.1) is 0 Å². The van der Waals surface area contributed by atoms with Crippen molar-refractivity contribution in [1.29, 1.82) is 0 Å². The Morgan fingerprint density at radius 3 is 2.09 bits per heavy atom. The molecule has 9 aromatic rings. The van der Waals surface area contributed by atoms with Crippen molar-refractivity contribution in [2.75, 3.05) is 4.90 Å². The number of oxazole rings is 1. The normalized spacial score (nSPS) is 11.6. The zero-order valence-corrected chi connectivity index (χ0v) is 25.0. The van der Waals surface area contributed by atoms with Crippen LogP contribution in [0.5, 0.6) is 0 Å². The Kier molecular flexibility index (Phi) is 6.00. The first-order valence-electron chi connectivity index (χ1n) is 15.0. The second kappa shape index (κ2) is 10.5. The van der Waals surface area contributed by atoms with Crippen molar-refractivity contribution in [2.45, 2.75) is 0 Å². The van der Waals surface area contributed by atoms with E-state index in [0.29, 0.717) is 5.89 Å². The number of hydrogen-bond acceptors (Lipinski definition) is 4. The van der Waals surface area contributed by atoms with E-state index in [2.05, 4.69) is 126 Å². The minimum atomic E-state index is 0.622. The maximum Gasteiger partial charge on any atom is 0.227 e. The smallest absolute Gasteiger partial charge is 0.227 e. The number of nitrogens with zero attached hydrogens (tertiary/aromatic N) is 2. The number of fused-ring (bicyclic) bond motifs is 6. The van der Waals surface area contributed by atoms with Crippen LogP contribution < -0.4 is 4.90 Å². The van der Waals surface area contributed by atoms with E-state index in [-0.39, 0.29) is 0 Å². The highest BCUT2D eigenvalue weighted by Crippen LogP contribution is 2.45. The molecule has 9 rings (SSSR count). The second-order valence-electron chi connectivity index (χ2n) is 11.2. The molecule has 0 unspecified atom stereocenters. The fourth-order valence-electron chi connectivity index (χ4n) is 6.37. The standard InChI is InChI=1S/C41H26N2OS/c1-3-11-27(12-4-1)30-16-9-17-31(25-30)43(32-22-24-38-34(26-32)33-18-7-8-20-37(33)45-38)35-19-10-15-28-21-23-36-40(39(28)35)42-41(44-36)29-13-5-2-6-14-29/h1-26H. The molecule has 0 saturated carbocycles. The third-order valence-corrected chi connectivity index (χ3v) is 9.62. The number of benzene rings is 7. The topological polar surface area (TPSA) is 29.3 Å². The third-order valence-electron chi connectivity index (χ3n) is 8.47. The number of hydrogen-bond donors (Lipinski definition) is 0. The molecular weight excluding hydrogens is 569 g/mol. The summed E-state index contributed by atoms with van der Waals surface area (Å²) in [5, 5.41) is 4.71. The van der Waals surface area contributed by atoms with Crippen molar-refractivity contribution in [1.82, 2.24) is 4.98 Å². The quantitative estimate of drug-likeness (QED) is 0.198. The molecule has 0 spiro atoms. The fraction of sp³-hybridized carbons (Fsp3) is 0. The summed E-state index contributed by atoms with van der Waals surface area (Å²) in [5.41, 5.74) is 8.15. The van der Waals surface area contributed by atoms with Gasteiger partial charge >= 0.3 is 0 Å². The van der Waals surface area contributed by atoms with Gasteiger partial charge in [0.05, 0.1) is 5.69 Å². The van der Waals surface area contributed by atoms with E-state index in [4.69, 9.17) is 9.40 Å². The molecule has 0 amide bonds. The van der Waals surface area contributed by atoms with Crippen molar-refractivity contribution < 1.29 is 4.42 Å². The Balaban J connectivity index is 1.32. The molecule has 0 bridgehead atoms. The van der Waals surface area contributed by atoms with Gasteiger partial charge in [-0.05, 0) is 77.2 Å². The molecule has 2 aromatic heterocycles. The molecule has 0 fully saturated rings. The van der Waals surface area contributed by atoms with Crippen LogP contribution in [0.1, 0.15) is 0 Å². The van der Waals surface area contributed by atoms with Gasteiger partial charge in [0.2, 0.25) is 5.89 Å². The fourth-order valence-corrected chi connectivity index (χ4v) is 7.46. The number of anilines is 3. The zero-order chi connectivity index (χ0) is 29.7. The van der Waals surface area contributed by atoms with Crippen LogP contribution in [0.25, 0.3) is 64.6 Å². The van der Waals surface area contributed by atoms with E-state index < -0.39 is 0 Å². The Hall–Kier alpha value is -5.71. The van der Waals surface area contributed by atoms with Gasteiger partial charge in [-0.3, -0.25) is 0 Å². The highest BCUT2D eigenvalue weighted by molar-refractivity contribution is 7.25. The lowest BCUT2D eigenvalue weighted by molar-refractivity contribution is 0.620. The van der Waals surface area contributed by atoms with Crippen LogP contribution in [0.4, 0.5) is 17.1 Å². The summed E-state index contributed by atoms with van der Waals surface area (Å²) in [6.07, 6.45) is 0. The van der Waals surface area contributed by atoms with Crippen LogP contribution in [-0.2, 0) is 0 Å². The maximum atomic E-state index is 6.35. The van der Waals surface area contributed by atoms with Gasteiger partial charge in [0.1, 0.15) is 5.52 Å². The lowest BCUT2D eigenvalue weighted by Crippen LogP contribution is -2.10. The Labute approximate surface area is 264 Å². The van der Waals surface area contributed by atoms with Crippen molar-refractivity contribution in [3.8, 4) is 22.6 Å². The van der Waals surface area contributed by atoms with Gasteiger partial charge in [0.15, 0.2) is 5.58 Å². The van der Waals surface area contributed by atoms with E-state index in [1.165, 1.54) is 31.3 Å². The van der Waals surface area contributed by atoms with Crippen LogP contribution >= 0.6 is 11.3 Å². The van der Waals surface area contributed by atoms with E-state index in [1.807, 2.05) is 47.7 Å². The lowest BCUT2D eigenvalue weighted by Gasteiger charge is -2.27. The SMILES string of the molecule is c1ccc(-c2cccc(N(c3ccc4sc5ccccc5c4c3)c3cccc4ccc5oc(-c6ccccc6)nc5c34)c2)cc1. The zero-order valence-electron chi connectivity index (χ0n) is 24.2. The summed E-state index contributed by atoms with van der Waals surface area (Å²) in [6.45, 7) is 0. The van der Waals surface area contributed by atoms with Gasteiger partial charge < -0.3 is 9.32 Å². The first-order chi connectivity index (χ1) is 22.3. The predicted octanol–water partition coefficient (Wildman–Crippen LogP) is 12.2. The molecule has 0 aliphatic heterocycles. The Bertz CT molecular complexity index is 2500. The summed E-state index contributed by atoms with van der Waals surface area (Å²) in [6, 6.07) is 55.6. The average molecular weight is 595 g/mol. The monoisotopic (exact) mass is 594 g/mol. The first kappa shape index (κ1) is 25.8. The van der Waals surface area contributed by atoms with Gasteiger partial charge in [-0.25, -0.2) is 4.98 Å². The molecule has 45 heavy (non-hydrogen) atoms. The summed E-state index contributed by atoms with van der Waals surface area (Å²) >= 11 is 1.84. The highest BCUT2D eigenvalue weighted by atomic mass is 32.1. The van der Waals surface area contributed by atoms with Crippen molar-refractivity contribution >= 4 is 70.4 Å². The lowest BCUT2D eigenvalue weighted by atomic mass is 10.0. The first-order valence-corrected chi connectivity index (χ1v) is 15.9. The van der Waals surface area contributed by atoms with Gasteiger partial charge in [-0.15, -0.1) is 11.3 Å². The molecule has 2 heterocycles. The molecule has 0 saturated heterocycles. The molecule has 4 heteroatoms. The van der Waals surface area contributed by atoms with Gasteiger partial charge in [0.25, 0.3) is 0 Å². The summed E-state index contributed by atoms with van der Waals surface area (Å²) < 4.78 is 8.93. The van der Waals surface area contributed by atoms with Crippen LogP contribution in [-0.4, -0.2) is 4.98 Å². The van der Waals surface area contributed by atoms with Crippen LogP contribution in [0.15, 0.2) is 162 Å². The van der Waals surface area contributed by atoms with Gasteiger partial charge in [-0.2, -0.15) is 0 Å². The molecule has 0 radical (unpaired) electrons. The van der Waals surface area contributed by atoms with Crippen molar-refractivity contribution in [2.24, 2.45) is 0 Å². The molecule has 7 aromatic carbocycles. The van der Waals surface area contributed by atoms with E-state index in [1.54, 1.807) is 0 Å². The minimum Gasteiger partial charge on any atom is -0.436 e. The van der Waals surface area contributed by atoms with Crippen molar-refractivity contribution in [3.05, 3.63) is 158 Å². The number of rotatable bonds is 5. The van der Waals surface area contributed by atoms with E-state index in [0.717, 1.165) is 44.5 Å². The van der Waals surface area contributed by atoms with Crippen molar-refractivity contribution in [3.63, 3.8) is 0 Å².